The van der Waals surface area contributed by atoms with Crippen LogP contribution in [0.1, 0.15) is 29.7 Å². The lowest BCUT2D eigenvalue weighted by Gasteiger charge is -2.11. The smallest absolute Gasteiger partial charge is 0.360 e. The van der Waals surface area contributed by atoms with Crippen LogP contribution in [0.2, 0.25) is 0 Å². The van der Waals surface area contributed by atoms with Gasteiger partial charge in [-0.2, -0.15) is 0 Å². The van der Waals surface area contributed by atoms with Gasteiger partial charge in [0, 0.05) is 6.54 Å². The Morgan fingerprint density at radius 1 is 1.50 bits per heavy atom. The molecule has 0 unspecified atom stereocenters. The summed E-state index contributed by atoms with van der Waals surface area (Å²) in [6.07, 6.45) is 0.955. The zero-order valence-corrected chi connectivity index (χ0v) is 11.6. The Morgan fingerprint density at radius 3 is 2.72 bits per heavy atom. The molecular formula is C12H22N4O2. The monoisotopic (exact) mass is 254 g/mol. The summed E-state index contributed by atoms with van der Waals surface area (Å²) >= 11 is 0. The standard InChI is InChI=1S/C12H22N4O2/c1-5-18-12(17)10-11(13)16(9(2)14-10)8-6-7-15(3)4/h5-8,13H2,1-4H3. The normalized spacial score (nSPS) is 10.9. The number of esters is 1. The molecule has 0 amide bonds. The number of aryl methyl sites for hydroxylation is 1. The minimum Gasteiger partial charge on any atom is -0.461 e. The van der Waals surface area contributed by atoms with Crippen molar-refractivity contribution in [3.8, 4) is 0 Å². The number of carbonyl (C=O) groups is 1. The minimum atomic E-state index is -0.454. The van der Waals surface area contributed by atoms with Crippen LogP contribution >= 0.6 is 0 Å². The van der Waals surface area contributed by atoms with E-state index in [0.29, 0.717) is 12.4 Å². The van der Waals surface area contributed by atoms with Gasteiger partial charge < -0.3 is 19.9 Å². The lowest BCUT2D eigenvalue weighted by atomic mass is 10.4. The average Bonchev–Trinajstić information content (AvgIpc) is 2.56. The Kier molecular flexibility index (Phi) is 5.15. The first kappa shape index (κ1) is 14.5. The molecule has 0 radical (unpaired) electrons. The van der Waals surface area contributed by atoms with Gasteiger partial charge >= 0.3 is 5.97 Å². The molecule has 1 aromatic rings. The predicted octanol–water partition coefficient (Wildman–Crippen LogP) is 0.902. The highest BCUT2D eigenvalue weighted by Crippen LogP contribution is 2.15. The average molecular weight is 254 g/mol. The topological polar surface area (TPSA) is 73.4 Å². The fourth-order valence-electron chi connectivity index (χ4n) is 1.76. The zero-order valence-electron chi connectivity index (χ0n) is 11.6. The zero-order chi connectivity index (χ0) is 13.7. The second-order valence-corrected chi connectivity index (χ2v) is 4.42. The molecule has 0 saturated heterocycles. The van der Waals surface area contributed by atoms with Crippen LogP contribution in [0.3, 0.4) is 0 Å². The van der Waals surface area contributed by atoms with E-state index in [-0.39, 0.29) is 5.69 Å². The maximum atomic E-state index is 11.6. The number of ether oxygens (including phenoxy) is 1. The SMILES string of the molecule is CCOC(=O)c1nc(C)n(CCCN(C)C)c1N. The Labute approximate surface area is 108 Å². The van der Waals surface area contributed by atoms with Crippen LogP contribution in [0.5, 0.6) is 0 Å². The molecule has 1 rings (SSSR count). The molecule has 1 heterocycles. The summed E-state index contributed by atoms with van der Waals surface area (Å²) in [4.78, 5) is 17.9. The van der Waals surface area contributed by atoms with E-state index in [1.807, 2.05) is 25.6 Å². The Morgan fingerprint density at radius 2 is 2.17 bits per heavy atom. The fraction of sp³-hybridized carbons (Fsp3) is 0.667. The van der Waals surface area contributed by atoms with Gasteiger partial charge in [0.05, 0.1) is 6.61 Å². The molecule has 102 valence electrons. The van der Waals surface area contributed by atoms with Crippen molar-refractivity contribution in [2.75, 3.05) is 33.0 Å². The first-order valence-electron chi connectivity index (χ1n) is 6.11. The van der Waals surface area contributed by atoms with Crippen molar-refractivity contribution in [3.05, 3.63) is 11.5 Å². The Hall–Kier alpha value is -1.56. The number of rotatable bonds is 6. The van der Waals surface area contributed by atoms with Crippen LogP contribution in [0, 0.1) is 6.92 Å². The highest BCUT2D eigenvalue weighted by Gasteiger charge is 2.19. The number of hydrogen-bond donors (Lipinski definition) is 1. The molecule has 0 aliphatic rings. The van der Waals surface area contributed by atoms with Crippen LogP contribution in [0.15, 0.2) is 0 Å². The highest BCUT2D eigenvalue weighted by atomic mass is 16.5. The van der Waals surface area contributed by atoms with E-state index in [2.05, 4.69) is 9.88 Å². The van der Waals surface area contributed by atoms with E-state index in [0.717, 1.165) is 25.3 Å². The molecule has 0 aliphatic carbocycles. The fourth-order valence-corrected chi connectivity index (χ4v) is 1.76. The van der Waals surface area contributed by atoms with E-state index in [1.54, 1.807) is 6.92 Å². The third-order valence-electron chi connectivity index (χ3n) is 2.65. The van der Waals surface area contributed by atoms with E-state index in [4.69, 9.17) is 10.5 Å². The van der Waals surface area contributed by atoms with Crippen molar-refractivity contribution >= 4 is 11.8 Å². The van der Waals surface area contributed by atoms with Crippen molar-refractivity contribution in [1.29, 1.82) is 0 Å². The number of anilines is 1. The molecule has 6 heteroatoms. The van der Waals surface area contributed by atoms with Crippen molar-refractivity contribution in [2.45, 2.75) is 26.8 Å². The molecule has 2 N–H and O–H groups in total. The van der Waals surface area contributed by atoms with Crippen LogP contribution in [0.25, 0.3) is 0 Å². The largest absolute Gasteiger partial charge is 0.461 e. The number of carbonyl (C=O) groups excluding carboxylic acids is 1. The second-order valence-electron chi connectivity index (χ2n) is 4.42. The predicted molar refractivity (Wildman–Crippen MR) is 70.5 cm³/mol. The van der Waals surface area contributed by atoms with E-state index < -0.39 is 5.97 Å². The van der Waals surface area contributed by atoms with Gasteiger partial charge in [0.2, 0.25) is 0 Å². The summed E-state index contributed by atoms with van der Waals surface area (Å²) in [6, 6.07) is 0. The molecule has 1 aromatic heterocycles. The van der Waals surface area contributed by atoms with E-state index in [1.165, 1.54) is 0 Å². The first-order valence-corrected chi connectivity index (χ1v) is 6.11. The van der Waals surface area contributed by atoms with Gasteiger partial charge in [-0.15, -0.1) is 0 Å². The van der Waals surface area contributed by atoms with E-state index in [9.17, 15) is 4.79 Å². The first-order chi connectivity index (χ1) is 8.47. The maximum Gasteiger partial charge on any atom is 0.360 e. The van der Waals surface area contributed by atoms with Crippen LogP contribution < -0.4 is 5.73 Å². The van der Waals surface area contributed by atoms with Crippen molar-refractivity contribution in [3.63, 3.8) is 0 Å². The Balaban J connectivity index is 2.77. The molecule has 6 nitrogen and oxygen atoms in total. The highest BCUT2D eigenvalue weighted by molar-refractivity contribution is 5.92. The van der Waals surface area contributed by atoms with Crippen molar-refractivity contribution in [2.24, 2.45) is 0 Å². The van der Waals surface area contributed by atoms with Crippen LogP contribution in [0.4, 0.5) is 5.82 Å². The molecule has 0 bridgehead atoms. The lowest BCUT2D eigenvalue weighted by Crippen LogP contribution is -2.16. The third-order valence-corrected chi connectivity index (χ3v) is 2.65. The minimum absolute atomic E-state index is 0.221. The molecule has 0 saturated carbocycles. The molecule has 0 atom stereocenters. The number of aromatic nitrogens is 2. The number of nitrogen functional groups attached to an aromatic ring is 1. The van der Waals surface area contributed by atoms with Crippen LogP contribution in [-0.2, 0) is 11.3 Å². The third kappa shape index (κ3) is 3.46. The molecular weight excluding hydrogens is 232 g/mol. The molecule has 0 spiro atoms. The summed E-state index contributed by atoms with van der Waals surface area (Å²) in [5.41, 5.74) is 6.16. The second kappa shape index (κ2) is 6.39. The van der Waals surface area contributed by atoms with Gasteiger partial charge in [-0.3, -0.25) is 0 Å². The quantitative estimate of drug-likeness (QED) is 0.764. The van der Waals surface area contributed by atoms with Gasteiger partial charge in [-0.25, -0.2) is 9.78 Å². The maximum absolute atomic E-state index is 11.6. The summed E-state index contributed by atoms with van der Waals surface area (Å²) < 4.78 is 6.77. The van der Waals surface area contributed by atoms with E-state index >= 15 is 0 Å². The number of hydrogen-bond acceptors (Lipinski definition) is 5. The molecule has 0 fully saturated rings. The van der Waals surface area contributed by atoms with Gasteiger partial charge in [0.1, 0.15) is 11.6 Å². The van der Waals surface area contributed by atoms with Gasteiger partial charge in [0.15, 0.2) is 5.69 Å². The molecule has 18 heavy (non-hydrogen) atoms. The Bertz CT molecular complexity index is 412. The van der Waals surface area contributed by atoms with Crippen molar-refractivity contribution in [1.82, 2.24) is 14.5 Å². The van der Waals surface area contributed by atoms with Crippen LogP contribution in [-0.4, -0.2) is 47.7 Å². The van der Waals surface area contributed by atoms with Crippen molar-refractivity contribution < 1.29 is 9.53 Å². The number of imidazole rings is 1. The summed E-state index contributed by atoms with van der Waals surface area (Å²) in [7, 11) is 4.04. The van der Waals surface area contributed by atoms with Gasteiger partial charge in [-0.05, 0) is 40.9 Å². The summed E-state index contributed by atoms with van der Waals surface area (Å²) in [6.45, 7) is 5.64. The number of nitrogens with two attached hydrogens (primary N) is 1. The molecule has 0 aliphatic heterocycles. The molecule has 0 aromatic carbocycles. The summed E-state index contributed by atoms with van der Waals surface area (Å²) in [5.74, 6) is 0.684. The summed E-state index contributed by atoms with van der Waals surface area (Å²) in [5, 5.41) is 0. The van der Waals surface area contributed by atoms with Gasteiger partial charge in [0.25, 0.3) is 0 Å². The number of nitrogens with zero attached hydrogens (tertiary/aromatic N) is 3. The van der Waals surface area contributed by atoms with Gasteiger partial charge in [-0.1, -0.05) is 0 Å². The lowest BCUT2D eigenvalue weighted by molar-refractivity contribution is 0.0521.